The highest BCUT2D eigenvalue weighted by Crippen LogP contribution is 2.29. The zero-order valence-corrected chi connectivity index (χ0v) is 11.1. The maximum absolute atomic E-state index is 10.3. The molecule has 0 radical (unpaired) electrons. The molecule has 100 valence electrons. The van der Waals surface area contributed by atoms with Crippen molar-refractivity contribution < 1.29 is 5.11 Å². The van der Waals surface area contributed by atoms with Gasteiger partial charge in [0.1, 0.15) is 5.82 Å². The molecule has 0 unspecified atom stereocenters. The van der Waals surface area contributed by atoms with Crippen LogP contribution < -0.4 is 10.6 Å². The van der Waals surface area contributed by atoms with Gasteiger partial charge in [-0.2, -0.15) is 0 Å². The van der Waals surface area contributed by atoms with Gasteiger partial charge in [0, 0.05) is 31.0 Å². The lowest BCUT2D eigenvalue weighted by atomic mass is 10.0. The number of aromatic nitrogens is 1. The average molecular weight is 249 g/mol. The van der Waals surface area contributed by atoms with E-state index < -0.39 is 5.60 Å². The Kier molecular flexibility index (Phi) is 4.42. The second-order valence-corrected chi connectivity index (χ2v) is 5.14. The molecule has 0 bridgehead atoms. The van der Waals surface area contributed by atoms with E-state index >= 15 is 0 Å². The smallest absolute Gasteiger partial charge is 0.127 e. The first-order valence-corrected chi connectivity index (χ1v) is 6.88. The molecular formula is C14H23N3O. The summed E-state index contributed by atoms with van der Waals surface area (Å²) in [6.07, 6.45) is 6.96. The Morgan fingerprint density at radius 2 is 2.11 bits per heavy atom. The van der Waals surface area contributed by atoms with Crippen LogP contribution in [0, 0.1) is 0 Å². The van der Waals surface area contributed by atoms with E-state index in [-0.39, 0.29) is 0 Å². The van der Waals surface area contributed by atoms with Crippen molar-refractivity contribution in [2.45, 2.75) is 44.6 Å². The van der Waals surface area contributed by atoms with Crippen LogP contribution in [0.15, 0.2) is 18.3 Å². The molecule has 1 aromatic heterocycles. The third-order valence-electron chi connectivity index (χ3n) is 3.47. The van der Waals surface area contributed by atoms with Gasteiger partial charge in [-0.3, -0.25) is 0 Å². The highest BCUT2D eigenvalue weighted by atomic mass is 16.3. The molecule has 1 aromatic rings. The first-order valence-electron chi connectivity index (χ1n) is 6.88. The second kappa shape index (κ2) is 6.05. The quantitative estimate of drug-likeness (QED) is 0.725. The van der Waals surface area contributed by atoms with Crippen molar-refractivity contribution >= 4 is 11.5 Å². The van der Waals surface area contributed by atoms with Gasteiger partial charge in [0.2, 0.25) is 0 Å². The number of nitrogens with one attached hydrogen (secondary N) is 2. The number of hydrogen-bond acceptors (Lipinski definition) is 4. The summed E-state index contributed by atoms with van der Waals surface area (Å²) in [4.78, 5) is 4.26. The van der Waals surface area contributed by atoms with E-state index in [1.54, 1.807) is 6.20 Å². The zero-order valence-electron chi connectivity index (χ0n) is 11.1. The predicted octanol–water partition coefficient (Wildman–Crippen LogP) is 2.62. The van der Waals surface area contributed by atoms with E-state index in [1.807, 2.05) is 12.1 Å². The number of anilines is 2. The molecule has 0 aliphatic heterocycles. The van der Waals surface area contributed by atoms with E-state index in [0.717, 1.165) is 50.2 Å². The zero-order chi connectivity index (χ0) is 12.8. The van der Waals surface area contributed by atoms with Gasteiger partial charge >= 0.3 is 0 Å². The Balaban J connectivity index is 1.88. The fourth-order valence-electron chi connectivity index (χ4n) is 2.37. The van der Waals surface area contributed by atoms with Crippen LogP contribution in [-0.2, 0) is 0 Å². The molecule has 1 saturated carbocycles. The normalized spacial score (nSPS) is 17.7. The molecule has 2 rings (SSSR count). The summed E-state index contributed by atoms with van der Waals surface area (Å²) in [7, 11) is 0. The molecule has 0 aromatic carbocycles. The molecule has 0 saturated heterocycles. The molecule has 1 fully saturated rings. The van der Waals surface area contributed by atoms with Crippen molar-refractivity contribution in [3.05, 3.63) is 18.3 Å². The van der Waals surface area contributed by atoms with Crippen LogP contribution in [0.25, 0.3) is 0 Å². The van der Waals surface area contributed by atoms with Crippen molar-refractivity contribution in [2.75, 3.05) is 23.7 Å². The maximum Gasteiger partial charge on any atom is 0.127 e. The van der Waals surface area contributed by atoms with Crippen molar-refractivity contribution in [1.82, 2.24) is 4.98 Å². The Morgan fingerprint density at radius 3 is 2.83 bits per heavy atom. The standard InChI is InChI=1S/C14H23N3O/c1-2-8-15-13-10-12(5-9-16-13)17-11-14(18)6-3-4-7-14/h5,9-10,18H,2-4,6-8,11H2,1H3,(H2,15,16,17). The molecule has 1 heterocycles. The predicted molar refractivity (Wildman–Crippen MR) is 74.9 cm³/mol. The highest BCUT2D eigenvalue weighted by molar-refractivity contribution is 5.52. The molecular weight excluding hydrogens is 226 g/mol. The van der Waals surface area contributed by atoms with Gasteiger partial charge in [0.15, 0.2) is 0 Å². The third kappa shape index (κ3) is 3.60. The Bertz CT molecular complexity index is 375. The summed E-state index contributed by atoms with van der Waals surface area (Å²) in [5.74, 6) is 0.889. The van der Waals surface area contributed by atoms with Gasteiger partial charge < -0.3 is 15.7 Å². The topological polar surface area (TPSA) is 57.2 Å². The van der Waals surface area contributed by atoms with Crippen LogP contribution >= 0.6 is 0 Å². The van der Waals surface area contributed by atoms with Crippen LogP contribution in [0.2, 0.25) is 0 Å². The largest absolute Gasteiger partial charge is 0.388 e. The Morgan fingerprint density at radius 1 is 1.33 bits per heavy atom. The molecule has 4 heteroatoms. The van der Waals surface area contributed by atoms with Crippen LogP contribution in [0.5, 0.6) is 0 Å². The first kappa shape index (κ1) is 13.1. The van der Waals surface area contributed by atoms with E-state index in [2.05, 4.69) is 22.5 Å². The Hall–Kier alpha value is -1.29. The van der Waals surface area contributed by atoms with Crippen molar-refractivity contribution in [1.29, 1.82) is 0 Å². The van der Waals surface area contributed by atoms with Crippen molar-refractivity contribution in [2.24, 2.45) is 0 Å². The van der Waals surface area contributed by atoms with Gasteiger partial charge in [-0.15, -0.1) is 0 Å². The summed E-state index contributed by atoms with van der Waals surface area (Å²) in [6, 6.07) is 3.93. The van der Waals surface area contributed by atoms with Crippen LogP contribution in [0.3, 0.4) is 0 Å². The van der Waals surface area contributed by atoms with Gasteiger partial charge in [0.25, 0.3) is 0 Å². The molecule has 1 aliphatic carbocycles. The molecule has 0 spiro atoms. The summed E-state index contributed by atoms with van der Waals surface area (Å²) in [5, 5.41) is 16.8. The average Bonchev–Trinajstić information content (AvgIpc) is 2.82. The van der Waals surface area contributed by atoms with Gasteiger partial charge in [-0.05, 0) is 25.3 Å². The minimum atomic E-state index is -0.514. The molecule has 0 amide bonds. The lowest BCUT2D eigenvalue weighted by Gasteiger charge is -2.23. The Labute approximate surface area is 109 Å². The van der Waals surface area contributed by atoms with Gasteiger partial charge in [-0.1, -0.05) is 19.8 Å². The van der Waals surface area contributed by atoms with E-state index in [0.29, 0.717) is 6.54 Å². The van der Waals surface area contributed by atoms with Crippen molar-refractivity contribution in [3.8, 4) is 0 Å². The number of aliphatic hydroxyl groups is 1. The monoisotopic (exact) mass is 249 g/mol. The minimum Gasteiger partial charge on any atom is -0.388 e. The number of nitrogens with zero attached hydrogens (tertiary/aromatic N) is 1. The second-order valence-electron chi connectivity index (χ2n) is 5.14. The fourth-order valence-corrected chi connectivity index (χ4v) is 2.37. The third-order valence-corrected chi connectivity index (χ3v) is 3.47. The number of hydrogen-bond donors (Lipinski definition) is 3. The summed E-state index contributed by atoms with van der Waals surface area (Å²) >= 11 is 0. The lowest BCUT2D eigenvalue weighted by molar-refractivity contribution is 0.0615. The highest BCUT2D eigenvalue weighted by Gasteiger charge is 2.30. The fraction of sp³-hybridized carbons (Fsp3) is 0.643. The van der Waals surface area contributed by atoms with Gasteiger partial charge in [-0.25, -0.2) is 4.98 Å². The summed E-state index contributed by atoms with van der Waals surface area (Å²) in [6.45, 7) is 3.69. The van der Waals surface area contributed by atoms with Crippen LogP contribution in [0.4, 0.5) is 11.5 Å². The van der Waals surface area contributed by atoms with Crippen LogP contribution in [0.1, 0.15) is 39.0 Å². The number of pyridine rings is 1. The van der Waals surface area contributed by atoms with E-state index in [4.69, 9.17) is 0 Å². The van der Waals surface area contributed by atoms with E-state index in [9.17, 15) is 5.11 Å². The first-order chi connectivity index (χ1) is 8.72. The minimum absolute atomic E-state index is 0.514. The van der Waals surface area contributed by atoms with Gasteiger partial charge in [0.05, 0.1) is 5.60 Å². The van der Waals surface area contributed by atoms with Crippen molar-refractivity contribution in [3.63, 3.8) is 0 Å². The summed E-state index contributed by atoms with van der Waals surface area (Å²) < 4.78 is 0. The number of rotatable bonds is 6. The lowest BCUT2D eigenvalue weighted by Crippen LogP contribution is -2.33. The molecule has 18 heavy (non-hydrogen) atoms. The molecule has 0 atom stereocenters. The SMILES string of the molecule is CCCNc1cc(NCC2(O)CCCC2)ccn1. The van der Waals surface area contributed by atoms with Crippen LogP contribution in [-0.4, -0.2) is 28.8 Å². The molecule has 1 aliphatic rings. The molecule has 3 N–H and O–H groups in total. The van der Waals surface area contributed by atoms with E-state index in [1.165, 1.54) is 0 Å². The summed E-state index contributed by atoms with van der Waals surface area (Å²) in [5.41, 5.74) is 0.504. The maximum atomic E-state index is 10.3. The molecule has 4 nitrogen and oxygen atoms in total.